The number of anilines is 2. The molecule has 31 heavy (non-hydrogen) atoms. The SMILES string of the molecule is CC.CCN1CC(CO)Oc2ccc(NC(=O)/C=C/c3ccc(C(C)(C)C)cc3)cc21. The Morgan fingerprint density at radius 1 is 1.19 bits per heavy atom. The fourth-order valence-electron chi connectivity index (χ4n) is 3.35. The molecule has 1 unspecified atom stereocenters. The predicted octanol–water partition coefficient (Wildman–Crippen LogP) is 5.24. The first-order valence-electron chi connectivity index (χ1n) is 11.1. The van der Waals surface area contributed by atoms with Crippen LogP contribution in [0.4, 0.5) is 11.4 Å². The fraction of sp³-hybridized carbons (Fsp3) is 0.423. The van der Waals surface area contributed by atoms with Crippen LogP contribution in [0.5, 0.6) is 5.75 Å². The highest BCUT2D eigenvalue weighted by Gasteiger charge is 2.24. The number of nitrogens with zero attached hydrogens (tertiary/aromatic N) is 1. The van der Waals surface area contributed by atoms with Crippen molar-refractivity contribution in [1.29, 1.82) is 0 Å². The van der Waals surface area contributed by atoms with Gasteiger partial charge in [0.1, 0.15) is 11.9 Å². The van der Waals surface area contributed by atoms with Gasteiger partial charge < -0.3 is 20.1 Å². The summed E-state index contributed by atoms with van der Waals surface area (Å²) in [6.07, 6.45) is 3.13. The lowest BCUT2D eigenvalue weighted by Crippen LogP contribution is -2.41. The van der Waals surface area contributed by atoms with Gasteiger partial charge in [0.25, 0.3) is 0 Å². The maximum Gasteiger partial charge on any atom is 0.248 e. The number of carbonyl (C=O) groups excluding carboxylic acids is 1. The molecule has 0 radical (unpaired) electrons. The zero-order chi connectivity index (χ0) is 23.0. The molecule has 0 fully saturated rings. The smallest absolute Gasteiger partial charge is 0.248 e. The Kier molecular flexibility index (Phi) is 8.69. The van der Waals surface area contributed by atoms with E-state index < -0.39 is 0 Å². The molecule has 1 aliphatic rings. The number of ether oxygens (including phenoxy) is 1. The minimum absolute atomic E-state index is 0.0179. The summed E-state index contributed by atoms with van der Waals surface area (Å²) >= 11 is 0. The van der Waals surface area contributed by atoms with E-state index in [1.165, 1.54) is 5.56 Å². The van der Waals surface area contributed by atoms with Gasteiger partial charge in [-0.05, 0) is 47.7 Å². The Morgan fingerprint density at radius 3 is 2.45 bits per heavy atom. The standard InChI is InChI=1S/C24H30N2O3.C2H6/c1-5-26-15-20(16-27)29-22-12-11-19(14-21(22)26)25-23(28)13-8-17-6-9-18(10-7-17)24(2,3)4;1-2/h6-14,20,27H,5,15-16H2,1-4H3,(H,25,28);1-2H3/b13-8+;. The molecule has 0 spiro atoms. The molecule has 1 amide bonds. The van der Waals surface area contributed by atoms with Gasteiger partial charge in [0.05, 0.1) is 18.8 Å². The molecule has 0 aliphatic carbocycles. The fourth-order valence-corrected chi connectivity index (χ4v) is 3.35. The Hall–Kier alpha value is -2.79. The van der Waals surface area contributed by atoms with Crippen molar-refractivity contribution < 1.29 is 14.6 Å². The Morgan fingerprint density at radius 2 is 1.87 bits per heavy atom. The van der Waals surface area contributed by atoms with Gasteiger partial charge in [0.2, 0.25) is 5.91 Å². The summed E-state index contributed by atoms with van der Waals surface area (Å²) in [5.74, 6) is 0.544. The molecular formula is C26H36N2O3. The zero-order valence-electron chi connectivity index (χ0n) is 19.6. The number of rotatable bonds is 5. The van der Waals surface area contributed by atoms with Crippen LogP contribution in [0.25, 0.3) is 6.08 Å². The first-order chi connectivity index (χ1) is 14.8. The number of amides is 1. The number of carbonyl (C=O) groups is 1. The van der Waals surface area contributed by atoms with Gasteiger partial charge in [-0.2, -0.15) is 0 Å². The second-order valence-electron chi connectivity index (χ2n) is 8.34. The van der Waals surface area contributed by atoms with Crippen molar-refractivity contribution >= 4 is 23.4 Å². The van der Waals surface area contributed by atoms with E-state index >= 15 is 0 Å². The monoisotopic (exact) mass is 424 g/mol. The number of hydrogen-bond donors (Lipinski definition) is 2. The van der Waals surface area contributed by atoms with Crippen molar-refractivity contribution in [3.8, 4) is 5.75 Å². The lowest BCUT2D eigenvalue weighted by molar-refractivity contribution is -0.111. The summed E-state index contributed by atoms with van der Waals surface area (Å²) in [5, 5.41) is 12.3. The molecule has 2 aromatic carbocycles. The summed E-state index contributed by atoms with van der Waals surface area (Å²) in [4.78, 5) is 14.5. The van der Waals surface area contributed by atoms with E-state index in [0.29, 0.717) is 12.2 Å². The van der Waals surface area contributed by atoms with Crippen molar-refractivity contribution in [2.45, 2.75) is 53.1 Å². The lowest BCUT2D eigenvalue weighted by atomic mass is 9.87. The Labute approximate surface area is 186 Å². The number of hydrogen-bond acceptors (Lipinski definition) is 4. The molecule has 2 N–H and O–H groups in total. The maximum atomic E-state index is 12.4. The highest BCUT2D eigenvalue weighted by atomic mass is 16.5. The summed E-state index contributed by atoms with van der Waals surface area (Å²) in [7, 11) is 0. The molecule has 1 atom stereocenters. The molecule has 168 valence electrons. The molecule has 0 saturated heterocycles. The molecule has 0 saturated carbocycles. The second-order valence-corrected chi connectivity index (χ2v) is 8.34. The summed E-state index contributed by atoms with van der Waals surface area (Å²) in [6.45, 7) is 14.0. The van der Waals surface area contributed by atoms with Gasteiger partial charge in [0.15, 0.2) is 0 Å². The van der Waals surface area contributed by atoms with Gasteiger partial charge in [0, 0.05) is 18.3 Å². The number of aliphatic hydroxyl groups excluding tert-OH is 1. The van der Waals surface area contributed by atoms with Crippen LogP contribution in [0.15, 0.2) is 48.5 Å². The van der Waals surface area contributed by atoms with Gasteiger partial charge in [-0.25, -0.2) is 0 Å². The van der Waals surface area contributed by atoms with Crippen molar-refractivity contribution in [3.05, 3.63) is 59.7 Å². The molecule has 5 nitrogen and oxygen atoms in total. The number of likely N-dealkylation sites (N-methyl/N-ethyl adjacent to an activating group) is 1. The zero-order valence-corrected chi connectivity index (χ0v) is 19.6. The van der Waals surface area contributed by atoms with Crippen molar-refractivity contribution in [3.63, 3.8) is 0 Å². The highest BCUT2D eigenvalue weighted by Crippen LogP contribution is 2.35. The van der Waals surface area contributed by atoms with Crippen LogP contribution in [0, 0.1) is 0 Å². The van der Waals surface area contributed by atoms with Crippen LogP contribution in [-0.2, 0) is 10.2 Å². The Bertz CT molecular complexity index is 883. The predicted molar refractivity (Wildman–Crippen MR) is 130 cm³/mol. The second kappa shape index (κ2) is 11.0. The number of benzene rings is 2. The van der Waals surface area contributed by atoms with Crippen LogP contribution in [0.2, 0.25) is 0 Å². The molecule has 0 aromatic heterocycles. The van der Waals surface area contributed by atoms with Crippen LogP contribution >= 0.6 is 0 Å². The molecule has 5 heteroatoms. The van der Waals surface area contributed by atoms with E-state index in [2.05, 4.69) is 50.0 Å². The molecule has 1 heterocycles. The third kappa shape index (κ3) is 6.59. The van der Waals surface area contributed by atoms with Gasteiger partial charge in [-0.15, -0.1) is 0 Å². The normalized spacial score (nSPS) is 15.6. The number of aliphatic hydroxyl groups is 1. The van der Waals surface area contributed by atoms with E-state index in [1.54, 1.807) is 6.08 Å². The third-order valence-electron chi connectivity index (χ3n) is 5.07. The summed E-state index contributed by atoms with van der Waals surface area (Å²) in [5.41, 5.74) is 4.00. The molecule has 3 rings (SSSR count). The summed E-state index contributed by atoms with van der Waals surface area (Å²) < 4.78 is 5.79. The van der Waals surface area contributed by atoms with Crippen LogP contribution in [-0.4, -0.2) is 36.8 Å². The van der Waals surface area contributed by atoms with Crippen LogP contribution in [0.3, 0.4) is 0 Å². The van der Waals surface area contributed by atoms with Crippen LogP contribution in [0.1, 0.15) is 52.7 Å². The van der Waals surface area contributed by atoms with E-state index in [0.717, 1.165) is 23.5 Å². The maximum absolute atomic E-state index is 12.4. The quantitative estimate of drug-likeness (QED) is 0.644. The number of nitrogens with one attached hydrogen (secondary N) is 1. The lowest BCUT2D eigenvalue weighted by Gasteiger charge is -2.35. The van der Waals surface area contributed by atoms with Gasteiger partial charge in [-0.3, -0.25) is 4.79 Å². The van der Waals surface area contributed by atoms with E-state index in [9.17, 15) is 9.90 Å². The largest absolute Gasteiger partial charge is 0.484 e. The topological polar surface area (TPSA) is 61.8 Å². The van der Waals surface area contributed by atoms with Gasteiger partial charge >= 0.3 is 0 Å². The third-order valence-corrected chi connectivity index (χ3v) is 5.07. The van der Waals surface area contributed by atoms with E-state index in [-0.39, 0.29) is 24.0 Å². The molecule has 2 aromatic rings. The van der Waals surface area contributed by atoms with Gasteiger partial charge in [-0.1, -0.05) is 58.9 Å². The minimum atomic E-state index is -0.226. The average molecular weight is 425 g/mol. The molecular weight excluding hydrogens is 388 g/mol. The van der Waals surface area contributed by atoms with Crippen molar-refractivity contribution in [1.82, 2.24) is 0 Å². The van der Waals surface area contributed by atoms with Crippen LogP contribution < -0.4 is 15.0 Å². The first kappa shape index (κ1) is 24.5. The van der Waals surface area contributed by atoms with E-state index in [4.69, 9.17) is 4.74 Å². The Balaban J connectivity index is 0.00000166. The van der Waals surface area contributed by atoms with Crippen molar-refractivity contribution in [2.24, 2.45) is 0 Å². The van der Waals surface area contributed by atoms with E-state index in [1.807, 2.05) is 50.3 Å². The molecule has 0 bridgehead atoms. The highest BCUT2D eigenvalue weighted by molar-refractivity contribution is 6.02. The average Bonchev–Trinajstić information content (AvgIpc) is 2.78. The first-order valence-corrected chi connectivity index (χ1v) is 11.1. The minimum Gasteiger partial charge on any atom is -0.484 e. The van der Waals surface area contributed by atoms with Crippen molar-refractivity contribution in [2.75, 3.05) is 29.9 Å². The molecule has 1 aliphatic heterocycles. The summed E-state index contributed by atoms with van der Waals surface area (Å²) in [6, 6.07) is 13.8. The number of fused-ring (bicyclic) bond motifs is 1.